The fraction of sp³-hybridized carbons (Fsp3) is 0.750. The third-order valence-electron chi connectivity index (χ3n) is 3.34. The van der Waals surface area contributed by atoms with E-state index < -0.39 is 0 Å². The lowest BCUT2D eigenvalue weighted by Crippen LogP contribution is -2.36. The Kier molecular flexibility index (Phi) is 3.91. The molecular formula is C12H23N3. The van der Waals surface area contributed by atoms with Crippen molar-refractivity contribution >= 4 is 0 Å². The molecule has 1 unspecified atom stereocenters. The molecule has 1 N–H and O–H groups in total. The van der Waals surface area contributed by atoms with Gasteiger partial charge in [-0.25, -0.2) is 0 Å². The van der Waals surface area contributed by atoms with Gasteiger partial charge in [0.05, 0.1) is 6.20 Å². The molecule has 0 saturated carbocycles. The van der Waals surface area contributed by atoms with E-state index in [1.165, 1.54) is 5.56 Å². The molecule has 0 aliphatic rings. The fourth-order valence-corrected chi connectivity index (χ4v) is 1.90. The van der Waals surface area contributed by atoms with Crippen LogP contribution in [0.25, 0.3) is 0 Å². The summed E-state index contributed by atoms with van der Waals surface area (Å²) in [6.07, 6.45) is 5.16. The van der Waals surface area contributed by atoms with E-state index in [2.05, 4.69) is 37.4 Å². The molecule has 1 rings (SSSR count). The van der Waals surface area contributed by atoms with Gasteiger partial charge in [-0.2, -0.15) is 5.10 Å². The average Bonchev–Trinajstić information content (AvgIpc) is 2.51. The van der Waals surface area contributed by atoms with E-state index in [1.54, 1.807) is 0 Å². The molecule has 1 aromatic heterocycles. The summed E-state index contributed by atoms with van der Waals surface area (Å²) in [7, 11) is 3.98. The number of hydrogen-bond acceptors (Lipinski definition) is 2. The summed E-state index contributed by atoms with van der Waals surface area (Å²) in [5.74, 6) is 0.658. The van der Waals surface area contributed by atoms with Crippen molar-refractivity contribution in [1.82, 2.24) is 15.1 Å². The first-order valence-electron chi connectivity index (χ1n) is 5.60. The van der Waals surface area contributed by atoms with Gasteiger partial charge in [0, 0.05) is 19.8 Å². The SMILES string of the molecule is CNCC(C)(Cc1cnn(C)c1)C(C)C. The maximum atomic E-state index is 4.22. The molecule has 1 aromatic rings. The second-order valence-electron chi connectivity index (χ2n) is 5.04. The van der Waals surface area contributed by atoms with Crippen molar-refractivity contribution in [3.8, 4) is 0 Å². The summed E-state index contributed by atoms with van der Waals surface area (Å²) < 4.78 is 1.87. The second kappa shape index (κ2) is 4.79. The average molecular weight is 209 g/mol. The highest BCUT2D eigenvalue weighted by Gasteiger charge is 2.28. The van der Waals surface area contributed by atoms with Crippen LogP contribution < -0.4 is 5.32 Å². The molecule has 15 heavy (non-hydrogen) atoms. The minimum atomic E-state index is 0.303. The number of rotatable bonds is 5. The Morgan fingerprint density at radius 3 is 2.60 bits per heavy atom. The van der Waals surface area contributed by atoms with Crippen molar-refractivity contribution in [2.24, 2.45) is 18.4 Å². The summed E-state index contributed by atoms with van der Waals surface area (Å²) in [4.78, 5) is 0. The molecule has 3 heteroatoms. The smallest absolute Gasteiger partial charge is 0.0521 e. The quantitative estimate of drug-likeness (QED) is 0.802. The highest BCUT2D eigenvalue weighted by molar-refractivity contribution is 5.07. The molecule has 0 aliphatic carbocycles. The zero-order valence-electron chi connectivity index (χ0n) is 10.5. The topological polar surface area (TPSA) is 29.9 Å². The van der Waals surface area contributed by atoms with Gasteiger partial charge in [-0.05, 0) is 30.4 Å². The summed E-state index contributed by atoms with van der Waals surface area (Å²) in [6.45, 7) is 7.95. The molecule has 3 nitrogen and oxygen atoms in total. The molecule has 0 amide bonds. The minimum absolute atomic E-state index is 0.303. The van der Waals surface area contributed by atoms with Gasteiger partial charge in [0.15, 0.2) is 0 Å². The second-order valence-corrected chi connectivity index (χ2v) is 5.04. The molecule has 86 valence electrons. The van der Waals surface area contributed by atoms with Crippen molar-refractivity contribution < 1.29 is 0 Å². The van der Waals surface area contributed by atoms with Crippen LogP contribution in [0.15, 0.2) is 12.4 Å². The molecule has 0 spiro atoms. The van der Waals surface area contributed by atoms with E-state index in [0.29, 0.717) is 11.3 Å². The summed E-state index contributed by atoms with van der Waals surface area (Å²) in [5, 5.41) is 7.51. The van der Waals surface area contributed by atoms with Crippen molar-refractivity contribution in [2.45, 2.75) is 27.2 Å². The molecule has 0 bridgehead atoms. The third-order valence-corrected chi connectivity index (χ3v) is 3.34. The first kappa shape index (κ1) is 12.2. The molecule has 0 radical (unpaired) electrons. The highest BCUT2D eigenvalue weighted by Crippen LogP contribution is 2.30. The van der Waals surface area contributed by atoms with Crippen LogP contribution in [0.1, 0.15) is 26.3 Å². The van der Waals surface area contributed by atoms with Gasteiger partial charge in [-0.3, -0.25) is 4.68 Å². The first-order valence-corrected chi connectivity index (χ1v) is 5.60. The van der Waals surface area contributed by atoms with Gasteiger partial charge in [0.1, 0.15) is 0 Å². The van der Waals surface area contributed by atoms with Crippen LogP contribution in [-0.2, 0) is 13.5 Å². The van der Waals surface area contributed by atoms with Crippen LogP contribution in [0.5, 0.6) is 0 Å². The van der Waals surface area contributed by atoms with Crippen LogP contribution in [0.4, 0.5) is 0 Å². The summed E-state index contributed by atoms with van der Waals surface area (Å²) >= 11 is 0. The number of aromatic nitrogens is 2. The van der Waals surface area contributed by atoms with Gasteiger partial charge in [-0.1, -0.05) is 20.8 Å². The zero-order valence-corrected chi connectivity index (χ0v) is 10.5. The number of nitrogens with one attached hydrogen (secondary N) is 1. The lowest BCUT2D eigenvalue weighted by molar-refractivity contribution is 0.212. The molecule has 0 saturated heterocycles. The molecular weight excluding hydrogens is 186 g/mol. The highest BCUT2D eigenvalue weighted by atomic mass is 15.2. The van der Waals surface area contributed by atoms with Crippen LogP contribution >= 0.6 is 0 Å². The van der Waals surface area contributed by atoms with Crippen LogP contribution in [0.2, 0.25) is 0 Å². The van der Waals surface area contributed by atoms with Gasteiger partial charge < -0.3 is 5.32 Å². The lowest BCUT2D eigenvalue weighted by atomic mass is 9.75. The molecule has 1 heterocycles. The van der Waals surface area contributed by atoms with Gasteiger partial charge in [0.25, 0.3) is 0 Å². The van der Waals surface area contributed by atoms with Crippen LogP contribution in [0, 0.1) is 11.3 Å². The van der Waals surface area contributed by atoms with E-state index in [1.807, 2.05) is 25.0 Å². The predicted molar refractivity (Wildman–Crippen MR) is 63.8 cm³/mol. The molecule has 1 atom stereocenters. The third kappa shape index (κ3) is 3.06. The summed E-state index contributed by atoms with van der Waals surface area (Å²) in [6, 6.07) is 0. The Morgan fingerprint density at radius 1 is 1.53 bits per heavy atom. The molecule has 0 fully saturated rings. The Labute approximate surface area is 92.9 Å². The molecule has 0 aliphatic heterocycles. The Bertz CT molecular complexity index is 304. The van der Waals surface area contributed by atoms with Crippen molar-refractivity contribution in [3.63, 3.8) is 0 Å². The largest absolute Gasteiger partial charge is 0.319 e. The Morgan fingerprint density at radius 2 is 2.20 bits per heavy atom. The van der Waals surface area contributed by atoms with Crippen LogP contribution in [0.3, 0.4) is 0 Å². The van der Waals surface area contributed by atoms with E-state index in [9.17, 15) is 0 Å². The predicted octanol–water partition coefficient (Wildman–Crippen LogP) is 1.84. The minimum Gasteiger partial charge on any atom is -0.319 e. The first-order chi connectivity index (χ1) is 6.98. The Hall–Kier alpha value is -0.830. The van der Waals surface area contributed by atoms with Crippen molar-refractivity contribution in [2.75, 3.05) is 13.6 Å². The maximum absolute atomic E-state index is 4.22. The van der Waals surface area contributed by atoms with E-state index in [-0.39, 0.29) is 0 Å². The van der Waals surface area contributed by atoms with Gasteiger partial charge in [0.2, 0.25) is 0 Å². The van der Waals surface area contributed by atoms with E-state index >= 15 is 0 Å². The zero-order chi connectivity index (χ0) is 11.5. The monoisotopic (exact) mass is 209 g/mol. The lowest BCUT2D eigenvalue weighted by Gasteiger charge is -2.33. The maximum Gasteiger partial charge on any atom is 0.0521 e. The van der Waals surface area contributed by atoms with Crippen LogP contribution in [-0.4, -0.2) is 23.4 Å². The van der Waals surface area contributed by atoms with Gasteiger partial charge in [-0.15, -0.1) is 0 Å². The number of aryl methyl sites for hydroxylation is 1. The van der Waals surface area contributed by atoms with Gasteiger partial charge >= 0.3 is 0 Å². The molecule has 0 aromatic carbocycles. The van der Waals surface area contributed by atoms with Crippen molar-refractivity contribution in [3.05, 3.63) is 18.0 Å². The number of hydrogen-bond donors (Lipinski definition) is 1. The van der Waals surface area contributed by atoms with E-state index in [4.69, 9.17) is 0 Å². The van der Waals surface area contributed by atoms with E-state index in [0.717, 1.165) is 13.0 Å². The van der Waals surface area contributed by atoms with Crippen molar-refractivity contribution in [1.29, 1.82) is 0 Å². The summed E-state index contributed by atoms with van der Waals surface area (Å²) in [5.41, 5.74) is 1.63. The number of nitrogens with zero attached hydrogens (tertiary/aromatic N) is 2. The Balaban J connectivity index is 2.74. The fourth-order valence-electron chi connectivity index (χ4n) is 1.90. The standard InChI is InChI=1S/C12H23N3/c1-10(2)12(3,9-13-4)6-11-7-14-15(5)8-11/h7-8,10,13H,6,9H2,1-5H3. The normalized spacial score (nSPS) is 15.6.